The largest absolute Gasteiger partial charge is 0.496 e. The topological polar surface area (TPSA) is 142 Å². The lowest BCUT2D eigenvalue weighted by atomic mass is 9.74. The van der Waals surface area contributed by atoms with Gasteiger partial charge in [0.05, 0.1) is 20.8 Å². The molecule has 12 heteroatoms. The number of methoxy groups -OCH3 is 2. The van der Waals surface area contributed by atoms with Gasteiger partial charge in [-0.05, 0) is 12.8 Å². The van der Waals surface area contributed by atoms with Crippen molar-refractivity contribution in [3.8, 4) is 17.2 Å². The van der Waals surface area contributed by atoms with Gasteiger partial charge in [-0.15, -0.1) is 0 Å². The fraction of sp³-hybridized carbons (Fsp3) is 0.435. The number of benzene rings is 1. The minimum Gasteiger partial charge on any atom is -0.496 e. The van der Waals surface area contributed by atoms with E-state index < -0.39 is 23.1 Å². The maximum absolute atomic E-state index is 13.5. The third-order valence-corrected chi connectivity index (χ3v) is 6.92. The quantitative estimate of drug-likeness (QED) is 0.565. The number of allylic oxidation sites excluding steroid dienone is 1. The molecule has 3 atom stereocenters. The van der Waals surface area contributed by atoms with Crippen LogP contribution in [-0.4, -0.2) is 47.4 Å². The first-order valence-corrected chi connectivity index (χ1v) is 11.4. The second kappa shape index (κ2) is 8.56. The Morgan fingerprint density at radius 2 is 2.03 bits per heavy atom. The average molecular weight is 503 g/mol. The van der Waals surface area contributed by atoms with Gasteiger partial charge in [0, 0.05) is 30.2 Å². The maximum Gasteiger partial charge on any atom is 0.249 e. The zero-order valence-corrected chi connectivity index (χ0v) is 20.0. The van der Waals surface area contributed by atoms with Crippen molar-refractivity contribution in [2.24, 2.45) is 5.92 Å². The molecule has 3 heterocycles. The fourth-order valence-corrected chi connectivity index (χ4v) is 4.99. The van der Waals surface area contributed by atoms with Crippen LogP contribution < -0.4 is 24.8 Å². The molecule has 1 saturated heterocycles. The van der Waals surface area contributed by atoms with E-state index in [-0.39, 0.29) is 46.3 Å². The highest BCUT2D eigenvalue weighted by Crippen LogP contribution is 2.52. The predicted octanol–water partition coefficient (Wildman–Crippen LogP) is 2.29. The van der Waals surface area contributed by atoms with Gasteiger partial charge in [0.1, 0.15) is 28.1 Å². The number of carbonyl (C=O) groups is 3. The van der Waals surface area contributed by atoms with Gasteiger partial charge >= 0.3 is 0 Å². The van der Waals surface area contributed by atoms with Crippen molar-refractivity contribution in [1.82, 2.24) is 20.8 Å². The molecule has 1 amide bonds. The molecule has 11 nitrogen and oxygen atoms in total. The number of hydrogen-bond donors (Lipinski definition) is 2. The number of ketones is 2. The SMILES string of the molecule is COc1cc(OC)c2c(c1Cl)O[C@@]1(C(=O)C=C(NCc3noc([C@H]4CCC(=O)N4)n3)C[C@H]1C)C2=O. The number of fused-ring (bicyclic) bond motifs is 1. The summed E-state index contributed by atoms with van der Waals surface area (Å²) in [5.74, 6) is -0.253. The maximum atomic E-state index is 13.5. The standard InChI is InChI=1S/C23H23ClN4O7/c1-10-6-11(25-9-16-27-22(35-28-16)12-4-5-17(30)26-12)7-15(29)23(10)21(31)18-13(32-2)8-14(33-3)19(24)20(18)34-23/h7-8,10,12,25H,4-6,9H2,1-3H3,(H,26,30)/t10-,12-,23+/m1/s1. The molecule has 3 aliphatic rings. The first kappa shape index (κ1) is 23.2. The number of carbonyl (C=O) groups excluding carboxylic acids is 3. The Labute approximate surface area is 205 Å². The van der Waals surface area contributed by atoms with E-state index in [2.05, 4.69) is 20.8 Å². The molecule has 2 aromatic rings. The van der Waals surface area contributed by atoms with Crippen LogP contribution in [0.2, 0.25) is 5.02 Å². The normalized spacial score (nSPS) is 25.3. The summed E-state index contributed by atoms with van der Waals surface area (Å²) in [6, 6.07) is 1.21. The average Bonchev–Trinajstić information content (AvgIpc) is 3.55. The van der Waals surface area contributed by atoms with Crippen LogP contribution in [0, 0.1) is 5.92 Å². The molecule has 5 rings (SSSR count). The van der Waals surface area contributed by atoms with E-state index in [0.717, 1.165) is 0 Å². The summed E-state index contributed by atoms with van der Waals surface area (Å²) in [5.41, 5.74) is -1.00. The van der Waals surface area contributed by atoms with Crippen LogP contribution >= 0.6 is 11.6 Å². The van der Waals surface area contributed by atoms with Crippen molar-refractivity contribution in [2.75, 3.05) is 14.2 Å². The van der Waals surface area contributed by atoms with E-state index in [1.54, 1.807) is 6.92 Å². The van der Waals surface area contributed by atoms with Crippen LogP contribution in [0.15, 0.2) is 22.4 Å². The smallest absolute Gasteiger partial charge is 0.249 e. The van der Waals surface area contributed by atoms with Crippen LogP contribution in [0.1, 0.15) is 54.3 Å². The van der Waals surface area contributed by atoms with E-state index in [1.807, 2.05) is 0 Å². The van der Waals surface area contributed by atoms with Crippen LogP contribution in [0.3, 0.4) is 0 Å². The summed E-state index contributed by atoms with van der Waals surface area (Å²) in [6.45, 7) is 1.97. The summed E-state index contributed by atoms with van der Waals surface area (Å²) in [5, 5.41) is 9.95. The van der Waals surface area contributed by atoms with Gasteiger partial charge in [0.2, 0.25) is 29.0 Å². The zero-order valence-electron chi connectivity index (χ0n) is 19.3. The highest BCUT2D eigenvalue weighted by molar-refractivity contribution is 6.36. The second-order valence-electron chi connectivity index (χ2n) is 8.67. The number of amides is 1. The van der Waals surface area contributed by atoms with Crippen molar-refractivity contribution in [1.29, 1.82) is 0 Å². The van der Waals surface area contributed by atoms with Gasteiger partial charge in [-0.3, -0.25) is 14.4 Å². The van der Waals surface area contributed by atoms with Crippen molar-refractivity contribution in [2.45, 2.75) is 44.4 Å². The number of nitrogens with one attached hydrogen (secondary N) is 2. The fourth-order valence-electron chi connectivity index (χ4n) is 4.72. The van der Waals surface area contributed by atoms with Crippen molar-refractivity contribution >= 4 is 29.1 Å². The van der Waals surface area contributed by atoms with Crippen LogP contribution in [0.5, 0.6) is 17.2 Å². The minimum atomic E-state index is -1.74. The molecule has 1 aromatic heterocycles. The number of Topliss-reactive ketones (excluding diaryl/α,β-unsaturated/α-hetero) is 1. The number of aromatic nitrogens is 2. The third kappa shape index (κ3) is 3.61. The molecule has 1 spiro atoms. The van der Waals surface area contributed by atoms with Crippen molar-refractivity contribution < 1.29 is 33.1 Å². The Bertz CT molecular complexity index is 1270. The number of rotatable bonds is 6. The van der Waals surface area contributed by atoms with Crippen molar-refractivity contribution in [3.05, 3.63) is 40.1 Å². The summed E-state index contributed by atoms with van der Waals surface area (Å²) >= 11 is 6.41. The summed E-state index contributed by atoms with van der Waals surface area (Å²) in [6.07, 6.45) is 2.74. The molecule has 1 aliphatic carbocycles. The summed E-state index contributed by atoms with van der Waals surface area (Å²) < 4.78 is 21.9. The second-order valence-corrected chi connectivity index (χ2v) is 9.04. The first-order chi connectivity index (χ1) is 16.8. The Kier molecular flexibility index (Phi) is 5.66. The van der Waals surface area contributed by atoms with Gasteiger partial charge in [-0.1, -0.05) is 23.7 Å². The lowest BCUT2D eigenvalue weighted by Gasteiger charge is -2.35. The molecule has 0 saturated carbocycles. The van der Waals surface area contributed by atoms with Crippen molar-refractivity contribution in [3.63, 3.8) is 0 Å². The van der Waals surface area contributed by atoms with E-state index >= 15 is 0 Å². The predicted molar refractivity (Wildman–Crippen MR) is 120 cm³/mol. The van der Waals surface area contributed by atoms with Gasteiger partial charge in [-0.25, -0.2) is 0 Å². The Hall–Kier alpha value is -3.60. The zero-order chi connectivity index (χ0) is 24.9. The monoisotopic (exact) mass is 502 g/mol. The molecule has 1 fully saturated rings. The van der Waals surface area contributed by atoms with E-state index in [0.29, 0.717) is 36.7 Å². The van der Waals surface area contributed by atoms with Gasteiger partial charge in [-0.2, -0.15) is 4.98 Å². The number of halogens is 1. The summed E-state index contributed by atoms with van der Waals surface area (Å²) in [4.78, 5) is 42.6. The molecule has 0 bridgehead atoms. The third-order valence-electron chi connectivity index (χ3n) is 6.56. The minimum absolute atomic E-state index is 0.0511. The lowest BCUT2D eigenvalue weighted by Crippen LogP contribution is -2.55. The molecule has 2 N–H and O–H groups in total. The molecule has 1 aromatic carbocycles. The van der Waals surface area contributed by atoms with E-state index in [1.165, 1.54) is 26.4 Å². The molecule has 184 valence electrons. The Morgan fingerprint density at radius 3 is 2.69 bits per heavy atom. The number of ether oxygens (including phenoxy) is 3. The number of nitrogens with zero attached hydrogens (tertiary/aromatic N) is 2. The number of hydrogen-bond acceptors (Lipinski definition) is 10. The van der Waals surface area contributed by atoms with E-state index in [4.69, 9.17) is 30.3 Å². The van der Waals surface area contributed by atoms with Gasteiger partial charge in [0.15, 0.2) is 11.6 Å². The molecular formula is C23H23ClN4O7. The molecular weight excluding hydrogens is 480 g/mol. The lowest BCUT2D eigenvalue weighted by molar-refractivity contribution is -0.129. The van der Waals surface area contributed by atoms with Gasteiger partial charge < -0.3 is 29.4 Å². The molecule has 35 heavy (non-hydrogen) atoms. The van der Waals surface area contributed by atoms with Crippen LogP contribution in [0.4, 0.5) is 0 Å². The van der Waals surface area contributed by atoms with E-state index in [9.17, 15) is 14.4 Å². The molecule has 0 radical (unpaired) electrons. The Morgan fingerprint density at radius 1 is 1.26 bits per heavy atom. The van der Waals surface area contributed by atoms with Crippen LogP contribution in [0.25, 0.3) is 0 Å². The van der Waals surface area contributed by atoms with Gasteiger partial charge in [0.25, 0.3) is 0 Å². The van der Waals surface area contributed by atoms with Crippen LogP contribution in [-0.2, 0) is 16.1 Å². The molecule has 2 aliphatic heterocycles. The highest BCUT2D eigenvalue weighted by atomic mass is 35.5. The summed E-state index contributed by atoms with van der Waals surface area (Å²) in [7, 11) is 2.85. The Balaban J connectivity index is 1.35. The molecule has 0 unspecified atom stereocenters. The first-order valence-electron chi connectivity index (χ1n) is 11.1. The highest BCUT2D eigenvalue weighted by Gasteiger charge is 2.60.